The molecule has 1 aromatic heterocycles. The molecule has 0 saturated heterocycles. The monoisotopic (exact) mass is 404 g/mol. The van der Waals surface area contributed by atoms with Crippen LogP contribution in [0.25, 0.3) is 4.48 Å². The Kier molecular flexibility index (Phi) is 4.34. The van der Waals surface area contributed by atoms with Gasteiger partial charge in [0.05, 0.1) is 29.8 Å². The number of hydrogen-bond acceptors (Lipinski definition) is 6. The van der Waals surface area contributed by atoms with Crippen molar-refractivity contribution in [1.29, 1.82) is 0 Å². The molecule has 0 bridgehead atoms. The van der Waals surface area contributed by atoms with Crippen LogP contribution in [-0.2, 0) is 4.79 Å². The molecule has 0 saturated carbocycles. The van der Waals surface area contributed by atoms with Gasteiger partial charge in [0.25, 0.3) is 0 Å². The molecule has 1 aliphatic carbocycles. The van der Waals surface area contributed by atoms with E-state index in [-0.39, 0.29) is 28.0 Å². The van der Waals surface area contributed by atoms with Crippen molar-refractivity contribution in [2.45, 2.75) is 6.92 Å². The number of fused-ring (bicyclic) bond motifs is 1. The Morgan fingerprint density at radius 2 is 1.76 bits per heavy atom. The first kappa shape index (κ1) is 17.2. The Labute approximate surface area is 151 Å². The summed E-state index contributed by atoms with van der Waals surface area (Å²) < 4.78 is 16.1. The Morgan fingerprint density at radius 3 is 2.40 bits per heavy atom. The lowest BCUT2D eigenvalue weighted by atomic mass is 9.90. The zero-order valence-corrected chi connectivity index (χ0v) is 15.2. The number of ether oxygens (including phenoxy) is 2. The van der Waals surface area contributed by atoms with Gasteiger partial charge >= 0.3 is 0 Å². The molecule has 7 heteroatoms. The second-order valence-electron chi connectivity index (χ2n) is 5.35. The first-order valence-electron chi connectivity index (χ1n) is 7.24. The molecule has 0 N–H and O–H groups in total. The largest absolute Gasteiger partial charge is 0.493 e. The number of furan rings is 1. The molecule has 0 aliphatic heterocycles. The molecular weight excluding hydrogens is 392 g/mol. The molecule has 0 spiro atoms. The van der Waals surface area contributed by atoms with Gasteiger partial charge in [0.2, 0.25) is 11.6 Å². The van der Waals surface area contributed by atoms with Crippen LogP contribution in [0.3, 0.4) is 0 Å². The third-order valence-corrected chi connectivity index (χ3v) is 4.94. The van der Waals surface area contributed by atoms with Gasteiger partial charge in [0.15, 0.2) is 23.0 Å². The number of benzene rings is 1. The summed E-state index contributed by atoms with van der Waals surface area (Å²) in [4.78, 5) is 37.3. The molecule has 1 heterocycles. The predicted molar refractivity (Wildman–Crippen MR) is 92.5 cm³/mol. The maximum absolute atomic E-state index is 12.8. The average molecular weight is 405 g/mol. The predicted octanol–water partition coefficient (Wildman–Crippen LogP) is 3.42. The maximum Gasteiger partial charge on any atom is 0.237 e. The van der Waals surface area contributed by atoms with E-state index in [0.29, 0.717) is 16.0 Å². The lowest BCUT2D eigenvalue weighted by Gasteiger charge is -2.12. The van der Waals surface area contributed by atoms with Crippen LogP contribution in [0.4, 0.5) is 0 Å². The molecule has 0 fully saturated rings. The number of ketones is 3. The fourth-order valence-electron chi connectivity index (χ4n) is 2.60. The number of rotatable bonds is 4. The Balaban J connectivity index is 2.11. The van der Waals surface area contributed by atoms with E-state index in [4.69, 9.17) is 13.9 Å². The quantitative estimate of drug-likeness (QED) is 0.573. The van der Waals surface area contributed by atoms with Crippen LogP contribution in [0.1, 0.15) is 39.0 Å². The first-order chi connectivity index (χ1) is 11.9. The van der Waals surface area contributed by atoms with Crippen molar-refractivity contribution < 1.29 is 28.3 Å². The molecular formula is C18H13BrO6. The fourth-order valence-corrected chi connectivity index (χ4v) is 3.07. The molecule has 1 aliphatic rings. The molecule has 1 aromatic carbocycles. The van der Waals surface area contributed by atoms with Crippen molar-refractivity contribution in [2.75, 3.05) is 14.2 Å². The van der Waals surface area contributed by atoms with Crippen LogP contribution in [-0.4, -0.2) is 31.6 Å². The van der Waals surface area contributed by atoms with Crippen LogP contribution in [0.2, 0.25) is 0 Å². The van der Waals surface area contributed by atoms with Gasteiger partial charge < -0.3 is 13.9 Å². The first-order valence-corrected chi connectivity index (χ1v) is 8.04. The van der Waals surface area contributed by atoms with Gasteiger partial charge in [-0.15, -0.1) is 0 Å². The molecule has 0 amide bonds. The summed E-state index contributed by atoms with van der Waals surface area (Å²) in [5.74, 6) is -0.834. The number of Topliss-reactive ketones (excluding diaryl/α,β-unsaturated/α-hetero) is 2. The standard InChI is InChI=1S/C18H13BrO6/c1-8-14(19)18-13(17(22)15(8)20)10(7-25-18)16(21)9-4-5-11(23-2)12(6-9)24-3/h4-7H,1-3H3. The van der Waals surface area contributed by atoms with Gasteiger partial charge in [-0.05, 0) is 41.1 Å². The minimum Gasteiger partial charge on any atom is -0.493 e. The topological polar surface area (TPSA) is 82.8 Å². The molecule has 6 nitrogen and oxygen atoms in total. The maximum atomic E-state index is 12.8. The van der Waals surface area contributed by atoms with Gasteiger partial charge in [-0.3, -0.25) is 14.4 Å². The van der Waals surface area contributed by atoms with Gasteiger partial charge in [0, 0.05) is 11.1 Å². The summed E-state index contributed by atoms with van der Waals surface area (Å²) in [7, 11) is 2.95. The van der Waals surface area contributed by atoms with E-state index in [1.165, 1.54) is 33.5 Å². The lowest BCUT2D eigenvalue weighted by molar-refractivity contribution is -0.111. The highest BCUT2D eigenvalue weighted by Gasteiger charge is 2.36. The zero-order chi connectivity index (χ0) is 18.3. The van der Waals surface area contributed by atoms with Crippen molar-refractivity contribution in [1.82, 2.24) is 0 Å². The summed E-state index contributed by atoms with van der Waals surface area (Å²) in [5.41, 5.74) is 0.535. The van der Waals surface area contributed by atoms with Gasteiger partial charge in [0.1, 0.15) is 6.26 Å². The van der Waals surface area contributed by atoms with Crippen molar-refractivity contribution in [3.63, 3.8) is 0 Å². The number of carbonyl (C=O) groups is 3. The average Bonchev–Trinajstić information content (AvgIpc) is 3.08. The zero-order valence-electron chi connectivity index (χ0n) is 13.6. The Hall–Kier alpha value is -2.67. The highest BCUT2D eigenvalue weighted by atomic mass is 79.9. The van der Waals surface area contributed by atoms with Crippen molar-refractivity contribution >= 4 is 37.8 Å². The van der Waals surface area contributed by atoms with E-state index >= 15 is 0 Å². The van der Waals surface area contributed by atoms with E-state index in [9.17, 15) is 14.4 Å². The number of methoxy groups -OCH3 is 2. The third kappa shape index (κ3) is 2.60. The van der Waals surface area contributed by atoms with E-state index in [1.54, 1.807) is 12.1 Å². The second-order valence-corrected chi connectivity index (χ2v) is 6.14. The van der Waals surface area contributed by atoms with Crippen LogP contribution in [0.5, 0.6) is 11.5 Å². The van der Waals surface area contributed by atoms with Crippen molar-refractivity contribution in [2.24, 2.45) is 0 Å². The lowest BCUT2D eigenvalue weighted by Crippen LogP contribution is -2.22. The Morgan fingerprint density at radius 1 is 1.08 bits per heavy atom. The van der Waals surface area contributed by atoms with Gasteiger partial charge in [-0.25, -0.2) is 0 Å². The molecule has 0 atom stereocenters. The van der Waals surface area contributed by atoms with E-state index in [1.807, 2.05) is 0 Å². The number of carbonyl (C=O) groups excluding carboxylic acids is 3. The van der Waals surface area contributed by atoms with E-state index in [0.717, 1.165) is 0 Å². The summed E-state index contributed by atoms with van der Waals surface area (Å²) in [6.07, 6.45) is 1.19. The number of hydrogen-bond donors (Lipinski definition) is 0. The highest BCUT2D eigenvalue weighted by molar-refractivity contribution is 9.15. The number of allylic oxidation sites excluding steroid dienone is 1. The normalized spacial score (nSPS) is 13.8. The molecule has 128 valence electrons. The summed E-state index contributed by atoms with van der Waals surface area (Å²) >= 11 is 3.25. The minimum absolute atomic E-state index is 0.0257. The van der Waals surface area contributed by atoms with E-state index in [2.05, 4.69) is 15.9 Å². The molecule has 25 heavy (non-hydrogen) atoms. The van der Waals surface area contributed by atoms with Crippen LogP contribution >= 0.6 is 15.9 Å². The van der Waals surface area contributed by atoms with Crippen molar-refractivity contribution in [3.05, 3.63) is 52.5 Å². The summed E-state index contributed by atoms with van der Waals surface area (Å²) in [6.45, 7) is 1.52. The SMILES string of the molecule is COc1ccc(C(=O)c2coc3c2C(=O)C(=O)C(C)=C3Br)cc1OC. The minimum atomic E-state index is -0.756. The molecule has 0 unspecified atom stereocenters. The smallest absolute Gasteiger partial charge is 0.237 e. The summed E-state index contributed by atoms with van der Waals surface area (Å²) in [6, 6.07) is 4.64. The van der Waals surface area contributed by atoms with Gasteiger partial charge in [-0.2, -0.15) is 0 Å². The fraction of sp³-hybridized carbons (Fsp3) is 0.167. The number of halogens is 1. The van der Waals surface area contributed by atoms with E-state index < -0.39 is 17.3 Å². The molecule has 2 aromatic rings. The summed E-state index contributed by atoms with van der Waals surface area (Å²) in [5, 5.41) is 0. The Bertz CT molecular complexity index is 950. The van der Waals surface area contributed by atoms with Crippen molar-refractivity contribution in [3.8, 4) is 11.5 Å². The van der Waals surface area contributed by atoms with Gasteiger partial charge in [-0.1, -0.05) is 0 Å². The second kappa shape index (κ2) is 6.33. The third-order valence-electron chi connectivity index (χ3n) is 3.98. The highest BCUT2D eigenvalue weighted by Crippen LogP contribution is 2.37. The van der Waals surface area contributed by atoms with Crippen LogP contribution in [0, 0.1) is 0 Å². The molecule has 3 rings (SSSR count). The molecule has 0 radical (unpaired) electrons. The van der Waals surface area contributed by atoms with Crippen LogP contribution in [0.15, 0.2) is 34.5 Å². The van der Waals surface area contributed by atoms with Crippen LogP contribution < -0.4 is 9.47 Å².